The van der Waals surface area contributed by atoms with Crippen LogP contribution >= 0.6 is 12.2 Å². The lowest BCUT2D eigenvalue weighted by Gasteiger charge is -2.32. The second-order valence-corrected chi connectivity index (χ2v) is 6.42. The minimum atomic E-state index is 0.410. The van der Waals surface area contributed by atoms with Gasteiger partial charge in [-0.15, -0.1) is 5.10 Å². The highest BCUT2D eigenvalue weighted by Crippen LogP contribution is 2.15. The summed E-state index contributed by atoms with van der Waals surface area (Å²) in [6.45, 7) is 4.82. The Bertz CT molecular complexity index is 871. The first-order valence-electron chi connectivity index (χ1n) is 8.32. The number of aromatic nitrogens is 4. The summed E-state index contributed by atoms with van der Waals surface area (Å²) in [7, 11) is 0. The van der Waals surface area contributed by atoms with Crippen molar-refractivity contribution in [2.75, 3.05) is 31.1 Å². The first-order chi connectivity index (χ1) is 12.3. The second kappa shape index (κ2) is 7.12. The topological polar surface area (TPSA) is 65.7 Å². The number of nitrogens with one attached hydrogen (secondary N) is 2. The fourth-order valence-electron chi connectivity index (χ4n) is 3.05. The summed E-state index contributed by atoms with van der Waals surface area (Å²) in [4.78, 5) is 11.4. The fraction of sp³-hybridized carbons (Fsp3) is 0.294. The molecule has 128 valence electrons. The van der Waals surface area contributed by atoms with E-state index in [0.717, 1.165) is 38.4 Å². The van der Waals surface area contributed by atoms with Crippen LogP contribution in [-0.4, -0.2) is 40.9 Å². The molecule has 1 aliphatic heterocycles. The number of anilines is 1. The van der Waals surface area contributed by atoms with Crippen LogP contribution in [0.4, 0.5) is 5.69 Å². The van der Waals surface area contributed by atoms with Crippen LogP contribution in [-0.2, 0) is 6.67 Å². The molecule has 3 aromatic heterocycles. The van der Waals surface area contributed by atoms with Gasteiger partial charge in [-0.05, 0) is 24.4 Å². The SMILES string of the molecule is S=c1oc(-c2cccnc2)nn1C[NH+]1CCN(c2cc[nH+]cc2)CC1. The van der Waals surface area contributed by atoms with E-state index < -0.39 is 0 Å². The number of hydrogen-bond donors (Lipinski definition) is 1. The van der Waals surface area contributed by atoms with Crippen molar-refractivity contribution in [1.82, 2.24) is 14.8 Å². The van der Waals surface area contributed by atoms with Crippen molar-refractivity contribution in [2.24, 2.45) is 0 Å². The Kier molecular flexibility index (Phi) is 4.53. The Morgan fingerprint density at radius 1 is 1.20 bits per heavy atom. The van der Waals surface area contributed by atoms with Gasteiger partial charge in [0.15, 0.2) is 19.1 Å². The Balaban J connectivity index is 1.41. The molecule has 3 aromatic rings. The van der Waals surface area contributed by atoms with Gasteiger partial charge in [-0.1, -0.05) is 0 Å². The number of H-pyrrole nitrogens is 1. The molecule has 0 radical (unpaired) electrons. The van der Waals surface area contributed by atoms with E-state index >= 15 is 0 Å². The van der Waals surface area contributed by atoms with Crippen molar-refractivity contribution in [3.63, 3.8) is 0 Å². The predicted molar refractivity (Wildman–Crippen MR) is 94.5 cm³/mol. The predicted octanol–water partition coefficient (Wildman–Crippen LogP) is 0.444. The summed E-state index contributed by atoms with van der Waals surface area (Å²) in [5.41, 5.74) is 2.10. The second-order valence-electron chi connectivity index (χ2n) is 6.07. The molecule has 0 aromatic carbocycles. The zero-order valence-electron chi connectivity index (χ0n) is 13.8. The molecular formula is C17H20N6OS+2. The van der Waals surface area contributed by atoms with Crippen molar-refractivity contribution >= 4 is 17.9 Å². The van der Waals surface area contributed by atoms with Crippen molar-refractivity contribution in [3.8, 4) is 11.5 Å². The molecule has 1 fully saturated rings. The van der Waals surface area contributed by atoms with Gasteiger partial charge in [0.25, 0.3) is 4.84 Å². The standard InChI is InChI=1S/C17H18N6OS/c25-17-23(20-16(24-17)14-2-1-5-19-12-14)13-21-8-10-22(11-9-21)15-3-6-18-7-4-15/h1-7,12H,8-11,13H2/p+2. The van der Waals surface area contributed by atoms with E-state index in [9.17, 15) is 0 Å². The summed E-state index contributed by atoms with van der Waals surface area (Å²) in [6, 6.07) is 8.00. The highest BCUT2D eigenvalue weighted by Gasteiger charge is 2.22. The molecule has 0 amide bonds. The molecule has 4 rings (SSSR count). The average molecular weight is 356 g/mol. The third-order valence-corrected chi connectivity index (χ3v) is 4.72. The van der Waals surface area contributed by atoms with Crippen molar-refractivity contribution in [2.45, 2.75) is 6.67 Å². The van der Waals surface area contributed by atoms with Crippen LogP contribution in [0.2, 0.25) is 0 Å². The van der Waals surface area contributed by atoms with Gasteiger partial charge < -0.3 is 14.2 Å². The molecule has 0 bridgehead atoms. The lowest BCUT2D eigenvalue weighted by atomic mass is 10.3. The van der Waals surface area contributed by atoms with Crippen LogP contribution in [0.5, 0.6) is 0 Å². The highest BCUT2D eigenvalue weighted by atomic mass is 32.1. The van der Waals surface area contributed by atoms with Gasteiger partial charge in [-0.3, -0.25) is 4.98 Å². The van der Waals surface area contributed by atoms with E-state index in [1.165, 1.54) is 10.6 Å². The number of aromatic amines is 1. The molecule has 2 N–H and O–H groups in total. The van der Waals surface area contributed by atoms with Crippen LogP contribution in [0, 0.1) is 4.84 Å². The number of rotatable bonds is 4. The van der Waals surface area contributed by atoms with Crippen LogP contribution in [0.3, 0.4) is 0 Å². The first-order valence-corrected chi connectivity index (χ1v) is 8.73. The lowest BCUT2D eigenvalue weighted by Crippen LogP contribution is -3.14. The first kappa shape index (κ1) is 15.9. The number of nitrogens with zero attached hydrogens (tertiary/aromatic N) is 4. The van der Waals surface area contributed by atoms with Crippen LogP contribution < -0.4 is 14.8 Å². The average Bonchev–Trinajstić information content (AvgIpc) is 3.04. The van der Waals surface area contributed by atoms with E-state index in [1.807, 2.05) is 24.5 Å². The Hall–Kier alpha value is -2.58. The monoisotopic (exact) mass is 356 g/mol. The molecule has 4 heterocycles. The molecule has 0 aliphatic carbocycles. The third kappa shape index (κ3) is 3.59. The van der Waals surface area contributed by atoms with Gasteiger partial charge in [-0.25, -0.2) is 4.98 Å². The Morgan fingerprint density at radius 3 is 2.72 bits per heavy atom. The van der Waals surface area contributed by atoms with Gasteiger partial charge in [-0.2, -0.15) is 4.68 Å². The van der Waals surface area contributed by atoms with Crippen molar-refractivity contribution in [3.05, 3.63) is 53.9 Å². The van der Waals surface area contributed by atoms with E-state index in [-0.39, 0.29) is 0 Å². The summed E-state index contributed by atoms with van der Waals surface area (Å²) in [5, 5.41) is 4.52. The number of hydrogen-bond acceptors (Lipinski definition) is 5. The number of piperazine rings is 1. The van der Waals surface area contributed by atoms with Crippen LogP contribution in [0.15, 0.2) is 53.5 Å². The van der Waals surface area contributed by atoms with Crippen LogP contribution in [0.25, 0.3) is 11.5 Å². The summed E-state index contributed by atoms with van der Waals surface area (Å²) in [6.07, 6.45) is 7.38. The van der Waals surface area contributed by atoms with Crippen LogP contribution in [0.1, 0.15) is 0 Å². The van der Waals surface area contributed by atoms with Gasteiger partial charge in [0.05, 0.1) is 31.7 Å². The maximum atomic E-state index is 5.63. The van der Waals surface area contributed by atoms with Gasteiger partial charge in [0, 0.05) is 30.2 Å². The molecule has 0 unspecified atom stereocenters. The molecule has 0 spiro atoms. The summed E-state index contributed by atoms with van der Waals surface area (Å²) < 4.78 is 7.41. The van der Waals surface area contributed by atoms with E-state index in [1.54, 1.807) is 17.1 Å². The Labute approximate surface area is 150 Å². The molecule has 1 aliphatic rings. The summed E-state index contributed by atoms with van der Waals surface area (Å²) in [5.74, 6) is 0.525. The lowest BCUT2D eigenvalue weighted by molar-refractivity contribution is -0.924. The molecule has 0 saturated carbocycles. The van der Waals surface area contributed by atoms with Gasteiger partial charge >= 0.3 is 0 Å². The van der Waals surface area contributed by atoms with Crippen molar-refractivity contribution < 1.29 is 14.3 Å². The molecular weight excluding hydrogens is 336 g/mol. The normalized spacial score (nSPS) is 15.4. The quantitative estimate of drug-likeness (QED) is 0.688. The zero-order chi connectivity index (χ0) is 17.1. The van der Waals surface area contributed by atoms with E-state index in [2.05, 4.69) is 32.1 Å². The third-order valence-electron chi connectivity index (χ3n) is 4.42. The fourth-order valence-corrected chi connectivity index (χ4v) is 3.24. The van der Waals surface area contributed by atoms with E-state index in [0.29, 0.717) is 10.7 Å². The van der Waals surface area contributed by atoms with E-state index in [4.69, 9.17) is 16.6 Å². The molecule has 25 heavy (non-hydrogen) atoms. The maximum absolute atomic E-state index is 5.63. The van der Waals surface area contributed by atoms with Gasteiger partial charge in [0.2, 0.25) is 5.89 Å². The number of pyridine rings is 2. The zero-order valence-corrected chi connectivity index (χ0v) is 14.6. The summed E-state index contributed by atoms with van der Waals surface area (Å²) >= 11 is 5.33. The largest absolute Gasteiger partial charge is 0.409 e. The minimum Gasteiger partial charge on any atom is -0.409 e. The molecule has 0 atom stereocenters. The molecule has 1 saturated heterocycles. The minimum absolute atomic E-state index is 0.410. The smallest absolute Gasteiger partial charge is 0.292 e. The van der Waals surface area contributed by atoms with Gasteiger partial charge in [0.1, 0.15) is 0 Å². The number of quaternary nitrogens is 1. The Morgan fingerprint density at radius 2 is 2.00 bits per heavy atom. The van der Waals surface area contributed by atoms with Crippen molar-refractivity contribution in [1.29, 1.82) is 0 Å². The molecule has 8 heteroatoms. The molecule has 7 nitrogen and oxygen atoms in total. The highest BCUT2D eigenvalue weighted by molar-refractivity contribution is 7.71. The maximum Gasteiger partial charge on any atom is 0.292 e.